The number of nitrogens with one attached hydrogen (secondary N) is 1. The predicted molar refractivity (Wildman–Crippen MR) is 113 cm³/mol. The van der Waals surface area contributed by atoms with E-state index in [1.807, 2.05) is 56.3 Å². The van der Waals surface area contributed by atoms with Crippen LogP contribution in [0.4, 0.5) is 0 Å². The van der Waals surface area contributed by atoms with Gasteiger partial charge >= 0.3 is 0 Å². The first kappa shape index (κ1) is 20.7. The molecule has 0 saturated carbocycles. The third-order valence-corrected chi connectivity index (χ3v) is 4.70. The van der Waals surface area contributed by atoms with Gasteiger partial charge in [-0.05, 0) is 43.5 Å². The lowest BCUT2D eigenvalue weighted by Gasteiger charge is -2.13. The zero-order valence-corrected chi connectivity index (χ0v) is 16.9. The molecule has 0 atom stereocenters. The van der Waals surface area contributed by atoms with Crippen molar-refractivity contribution in [1.29, 1.82) is 0 Å². The summed E-state index contributed by atoms with van der Waals surface area (Å²) in [6, 6.07) is 15.2. The molecular formula is C23H27N3O3. The summed E-state index contributed by atoms with van der Waals surface area (Å²) in [6.07, 6.45) is 2.63. The standard InChI is InChI=1S/C23H27N3O3/c1-17(2)29-15-19-9-4-3-8-18(19)14-24-22(27)12-7-13-26-16-25-21-11-6-5-10-20(21)23(26)28/h3-6,8-11,16-17H,7,12-15H2,1-2H3,(H,24,27). The molecule has 0 aliphatic heterocycles. The average molecular weight is 393 g/mol. The lowest BCUT2D eigenvalue weighted by molar-refractivity contribution is -0.121. The summed E-state index contributed by atoms with van der Waals surface area (Å²) in [6.45, 7) is 5.46. The van der Waals surface area contributed by atoms with Crippen LogP contribution >= 0.6 is 0 Å². The molecule has 0 spiro atoms. The van der Waals surface area contributed by atoms with Crippen LogP contribution in [0.25, 0.3) is 10.9 Å². The highest BCUT2D eigenvalue weighted by Crippen LogP contribution is 2.11. The molecule has 0 fully saturated rings. The van der Waals surface area contributed by atoms with E-state index >= 15 is 0 Å². The number of aryl methyl sites for hydroxylation is 1. The summed E-state index contributed by atoms with van der Waals surface area (Å²) >= 11 is 0. The molecule has 29 heavy (non-hydrogen) atoms. The lowest BCUT2D eigenvalue weighted by Crippen LogP contribution is -2.25. The van der Waals surface area contributed by atoms with E-state index in [0.717, 1.165) is 11.1 Å². The van der Waals surface area contributed by atoms with Gasteiger partial charge in [0.2, 0.25) is 5.91 Å². The smallest absolute Gasteiger partial charge is 0.261 e. The maximum absolute atomic E-state index is 12.5. The molecule has 0 unspecified atom stereocenters. The Hall–Kier alpha value is -2.99. The minimum absolute atomic E-state index is 0.0358. The summed E-state index contributed by atoms with van der Waals surface area (Å²) in [5.41, 5.74) is 2.74. The van der Waals surface area contributed by atoms with Crippen LogP contribution < -0.4 is 10.9 Å². The molecule has 0 aliphatic carbocycles. The SMILES string of the molecule is CC(C)OCc1ccccc1CNC(=O)CCCn1cnc2ccccc2c1=O. The lowest BCUT2D eigenvalue weighted by atomic mass is 10.1. The molecule has 1 N–H and O–H groups in total. The van der Waals surface area contributed by atoms with Crippen molar-refractivity contribution in [3.05, 3.63) is 76.3 Å². The average Bonchev–Trinajstić information content (AvgIpc) is 2.73. The van der Waals surface area contributed by atoms with E-state index in [9.17, 15) is 9.59 Å². The van der Waals surface area contributed by atoms with Gasteiger partial charge in [-0.2, -0.15) is 0 Å². The van der Waals surface area contributed by atoms with Crippen molar-refractivity contribution in [3.63, 3.8) is 0 Å². The van der Waals surface area contributed by atoms with E-state index in [4.69, 9.17) is 4.74 Å². The van der Waals surface area contributed by atoms with Crippen LogP contribution in [0.2, 0.25) is 0 Å². The summed E-state index contributed by atoms with van der Waals surface area (Å²) in [7, 11) is 0. The summed E-state index contributed by atoms with van der Waals surface area (Å²) in [5.74, 6) is -0.0358. The Balaban J connectivity index is 1.50. The van der Waals surface area contributed by atoms with Gasteiger partial charge in [-0.25, -0.2) is 4.98 Å². The van der Waals surface area contributed by atoms with E-state index in [0.29, 0.717) is 43.4 Å². The normalized spacial score (nSPS) is 11.1. The highest BCUT2D eigenvalue weighted by atomic mass is 16.5. The van der Waals surface area contributed by atoms with Gasteiger partial charge in [0.1, 0.15) is 0 Å². The van der Waals surface area contributed by atoms with Crippen LogP contribution in [-0.2, 0) is 29.2 Å². The molecule has 1 heterocycles. The minimum Gasteiger partial charge on any atom is -0.374 e. The van der Waals surface area contributed by atoms with Crippen molar-refractivity contribution in [1.82, 2.24) is 14.9 Å². The molecule has 1 amide bonds. The summed E-state index contributed by atoms with van der Waals surface area (Å²) < 4.78 is 7.24. The van der Waals surface area contributed by atoms with Gasteiger partial charge in [-0.3, -0.25) is 14.2 Å². The Morgan fingerprint density at radius 3 is 2.62 bits per heavy atom. The number of aromatic nitrogens is 2. The second-order valence-electron chi connectivity index (χ2n) is 7.27. The Kier molecular flexibility index (Phi) is 7.14. The number of para-hydroxylation sites is 1. The number of ether oxygens (including phenoxy) is 1. The molecule has 0 radical (unpaired) electrons. The molecule has 1 aromatic heterocycles. The zero-order chi connectivity index (χ0) is 20.6. The number of benzene rings is 2. The fourth-order valence-electron chi connectivity index (χ4n) is 3.08. The van der Waals surface area contributed by atoms with Crippen molar-refractivity contribution in [2.45, 2.75) is 52.5 Å². The molecule has 6 heteroatoms. The summed E-state index contributed by atoms with van der Waals surface area (Å²) in [4.78, 5) is 29.0. The minimum atomic E-state index is -0.0740. The second-order valence-corrected chi connectivity index (χ2v) is 7.27. The van der Waals surface area contributed by atoms with Gasteiger partial charge in [0, 0.05) is 19.5 Å². The fourth-order valence-corrected chi connectivity index (χ4v) is 3.08. The van der Waals surface area contributed by atoms with E-state index in [2.05, 4.69) is 10.3 Å². The van der Waals surface area contributed by atoms with Gasteiger partial charge in [-0.15, -0.1) is 0 Å². The van der Waals surface area contributed by atoms with Crippen LogP contribution in [0.3, 0.4) is 0 Å². The third-order valence-electron chi connectivity index (χ3n) is 4.70. The number of carbonyl (C=O) groups is 1. The van der Waals surface area contributed by atoms with Crippen LogP contribution in [0.5, 0.6) is 0 Å². The van der Waals surface area contributed by atoms with Crippen LogP contribution in [0.1, 0.15) is 37.8 Å². The van der Waals surface area contributed by atoms with Gasteiger partial charge < -0.3 is 10.1 Å². The highest BCUT2D eigenvalue weighted by molar-refractivity contribution is 5.77. The van der Waals surface area contributed by atoms with E-state index in [1.165, 1.54) is 0 Å². The molecule has 152 valence electrons. The van der Waals surface area contributed by atoms with E-state index < -0.39 is 0 Å². The largest absolute Gasteiger partial charge is 0.374 e. The Labute approximate surface area is 170 Å². The molecule has 2 aromatic carbocycles. The predicted octanol–water partition coefficient (Wildman–Crippen LogP) is 3.42. The van der Waals surface area contributed by atoms with Gasteiger partial charge in [0.15, 0.2) is 0 Å². The van der Waals surface area contributed by atoms with Crippen LogP contribution in [-0.4, -0.2) is 21.6 Å². The second kappa shape index (κ2) is 9.98. The van der Waals surface area contributed by atoms with E-state index in [-0.39, 0.29) is 17.6 Å². The molecule has 3 aromatic rings. The number of rotatable bonds is 9. The number of hydrogen-bond donors (Lipinski definition) is 1. The number of nitrogens with zero attached hydrogens (tertiary/aromatic N) is 2. The maximum Gasteiger partial charge on any atom is 0.261 e. The number of hydrogen-bond acceptors (Lipinski definition) is 4. The quantitative estimate of drug-likeness (QED) is 0.605. The van der Waals surface area contributed by atoms with Crippen molar-refractivity contribution in [3.8, 4) is 0 Å². The van der Waals surface area contributed by atoms with E-state index in [1.54, 1.807) is 17.0 Å². The first-order valence-corrected chi connectivity index (χ1v) is 9.94. The number of amides is 1. The first-order chi connectivity index (χ1) is 14.0. The molecule has 0 aliphatic rings. The fraction of sp³-hybridized carbons (Fsp3) is 0.348. The molecular weight excluding hydrogens is 366 g/mol. The van der Waals surface area contributed by atoms with Gasteiger partial charge in [0.25, 0.3) is 5.56 Å². The maximum atomic E-state index is 12.5. The number of carbonyl (C=O) groups excluding carboxylic acids is 1. The Morgan fingerprint density at radius 2 is 1.83 bits per heavy atom. The first-order valence-electron chi connectivity index (χ1n) is 9.94. The topological polar surface area (TPSA) is 73.2 Å². The van der Waals surface area contributed by atoms with Crippen LogP contribution in [0.15, 0.2) is 59.7 Å². The third kappa shape index (κ3) is 5.74. The van der Waals surface area contributed by atoms with Gasteiger partial charge in [0.05, 0.1) is 29.9 Å². The van der Waals surface area contributed by atoms with Crippen molar-refractivity contribution in [2.24, 2.45) is 0 Å². The Morgan fingerprint density at radius 1 is 1.10 bits per heavy atom. The zero-order valence-electron chi connectivity index (χ0n) is 16.9. The van der Waals surface area contributed by atoms with Gasteiger partial charge in [-0.1, -0.05) is 36.4 Å². The summed E-state index contributed by atoms with van der Waals surface area (Å²) in [5, 5.41) is 3.56. The molecule has 0 saturated heterocycles. The number of fused-ring (bicyclic) bond motifs is 1. The molecule has 6 nitrogen and oxygen atoms in total. The van der Waals surface area contributed by atoms with Crippen molar-refractivity contribution in [2.75, 3.05) is 0 Å². The van der Waals surface area contributed by atoms with Crippen molar-refractivity contribution >= 4 is 16.8 Å². The van der Waals surface area contributed by atoms with Crippen molar-refractivity contribution < 1.29 is 9.53 Å². The monoisotopic (exact) mass is 393 g/mol. The Bertz CT molecular complexity index is 1030. The molecule has 0 bridgehead atoms. The van der Waals surface area contributed by atoms with Crippen LogP contribution in [0, 0.1) is 0 Å². The highest BCUT2D eigenvalue weighted by Gasteiger charge is 2.07. The molecule has 3 rings (SSSR count).